The van der Waals surface area contributed by atoms with E-state index in [0.717, 1.165) is 12.1 Å². The molecule has 0 aliphatic carbocycles. The summed E-state index contributed by atoms with van der Waals surface area (Å²) in [6.45, 7) is 4.15. The van der Waals surface area contributed by atoms with Gasteiger partial charge in [-0.1, -0.05) is 6.92 Å². The maximum absolute atomic E-state index is 11.9. The number of ether oxygens (including phenoxy) is 2. The fourth-order valence-electron chi connectivity index (χ4n) is 1.81. The fraction of sp³-hybridized carbons (Fsp3) is 0.385. The predicted molar refractivity (Wildman–Crippen MR) is 67.1 cm³/mol. The van der Waals surface area contributed by atoms with Crippen LogP contribution in [0.3, 0.4) is 0 Å². The highest BCUT2D eigenvalue weighted by Crippen LogP contribution is 2.21. The number of methoxy groups -OCH3 is 1. The molecule has 0 N–H and O–H groups in total. The third kappa shape index (κ3) is 2.03. The number of esters is 1. The van der Waals surface area contributed by atoms with E-state index in [4.69, 9.17) is 9.47 Å². The smallest absolute Gasteiger partial charge is 0.340 e. The average molecular weight is 248 g/mol. The Hall–Kier alpha value is -2.04. The number of carbonyl (C=O) groups excluding carboxylic acids is 1. The lowest BCUT2D eigenvalue weighted by Crippen LogP contribution is -2.07. The minimum Gasteiger partial charge on any atom is -0.481 e. The van der Waals surface area contributed by atoms with Crippen molar-refractivity contribution in [2.24, 2.45) is 0 Å². The van der Waals surface area contributed by atoms with Crippen LogP contribution in [0.4, 0.5) is 0 Å². The third-order valence-electron chi connectivity index (χ3n) is 2.70. The molecule has 0 saturated heterocycles. The zero-order valence-corrected chi connectivity index (χ0v) is 10.8. The monoisotopic (exact) mass is 248 g/mol. The van der Waals surface area contributed by atoms with Gasteiger partial charge in [-0.05, 0) is 25.5 Å². The van der Waals surface area contributed by atoms with Gasteiger partial charge < -0.3 is 9.47 Å². The number of fused-ring (bicyclic) bond motifs is 1. The molecule has 2 rings (SSSR count). The topological polar surface area (TPSA) is 52.8 Å². The third-order valence-corrected chi connectivity index (χ3v) is 2.70. The Morgan fingerprint density at radius 1 is 1.39 bits per heavy atom. The van der Waals surface area contributed by atoms with Gasteiger partial charge in [-0.3, -0.25) is 0 Å². The number of aromatic nitrogens is 2. The van der Waals surface area contributed by atoms with Crippen molar-refractivity contribution < 1.29 is 14.3 Å². The Morgan fingerprint density at radius 2 is 2.17 bits per heavy atom. The molecule has 5 heteroatoms. The van der Waals surface area contributed by atoms with Crippen molar-refractivity contribution in [3.63, 3.8) is 0 Å². The van der Waals surface area contributed by atoms with Gasteiger partial charge in [0.1, 0.15) is 0 Å². The van der Waals surface area contributed by atoms with Gasteiger partial charge in [0.25, 0.3) is 0 Å². The highest BCUT2D eigenvalue weighted by molar-refractivity contribution is 5.97. The van der Waals surface area contributed by atoms with Crippen LogP contribution in [0.15, 0.2) is 18.2 Å². The molecule has 0 saturated carbocycles. The van der Waals surface area contributed by atoms with Crippen LogP contribution in [-0.4, -0.2) is 29.3 Å². The van der Waals surface area contributed by atoms with Gasteiger partial charge >= 0.3 is 5.97 Å². The molecule has 0 radical (unpaired) electrons. The zero-order valence-electron chi connectivity index (χ0n) is 10.8. The second-order valence-electron chi connectivity index (χ2n) is 3.80. The molecule has 2 aromatic heterocycles. The number of aryl methyl sites for hydroxylation is 1. The summed E-state index contributed by atoms with van der Waals surface area (Å²) in [5, 5.41) is 4.39. The highest BCUT2D eigenvalue weighted by atomic mass is 16.5. The van der Waals surface area contributed by atoms with Crippen LogP contribution in [0.2, 0.25) is 0 Å². The molecule has 18 heavy (non-hydrogen) atoms. The Kier molecular flexibility index (Phi) is 3.50. The van der Waals surface area contributed by atoms with Gasteiger partial charge in [0.15, 0.2) is 0 Å². The van der Waals surface area contributed by atoms with Crippen molar-refractivity contribution in [2.45, 2.75) is 20.3 Å². The normalized spacial score (nSPS) is 10.6. The average Bonchev–Trinajstić information content (AvgIpc) is 2.81. The summed E-state index contributed by atoms with van der Waals surface area (Å²) < 4.78 is 11.9. The molecule has 0 aliphatic rings. The van der Waals surface area contributed by atoms with Crippen molar-refractivity contribution in [2.75, 3.05) is 13.7 Å². The van der Waals surface area contributed by atoms with E-state index in [1.54, 1.807) is 30.7 Å². The number of nitrogens with zero attached hydrogens (tertiary/aromatic N) is 2. The Bertz CT molecular complexity index is 575. The van der Waals surface area contributed by atoms with Crippen LogP contribution in [0.25, 0.3) is 5.52 Å². The van der Waals surface area contributed by atoms with E-state index in [2.05, 4.69) is 5.10 Å². The number of carbonyl (C=O) groups is 1. The van der Waals surface area contributed by atoms with Crippen LogP contribution in [0.1, 0.15) is 29.9 Å². The van der Waals surface area contributed by atoms with Crippen LogP contribution < -0.4 is 4.74 Å². The minimum atomic E-state index is -0.340. The lowest BCUT2D eigenvalue weighted by Gasteiger charge is -2.07. The first-order valence-corrected chi connectivity index (χ1v) is 5.94. The maximum atomic E-state index is 11.9. The Morgan fingerprint density at radius 3 is 2.78 bits per heavy atom. The molecular weight excluding hydrogens is 232 g/mol. The molecule has 5 nitrogen and oxygen atoms in total. The molecule has 2 aromatic rings. The van der Waals surface area contributed by atoms with Crippen LogP contribution in [0.5, 0.6) is 5.88 Å². The summed E-state index contributed by atoms with van der Waals surface area (Å²) in [5.74, 6) is 0.255. The summed E-state index contributed by atoms with van der Waals surface area (Å²) in [6, 6.07) is 5.30. The number of pyridine rings is 1. The second kappa shape index (κ2) is 5.08. The second-order valence-corrected chi connectivity index (χ2v) is 3.80. The lowest BCUT2D eigenvalue weighted by atomic mass is 10.2. The minimum absolute atomic E-state index is 0.340. The van der Waals surface area contributed by atoms with Crippen molar-refractivity contribution in [3.8, 4) is 5.88 Å². The molecule has 0 unspecified atom stereocenters. The molecule has 96 valence electrons. The SMILES string of the molecule is CCOC(=O)c1ccc(OC)n2nc(CC)cc12. The first-order valence-electron chi connectivity index (χ1n) is 5.94. The van der Waals surface area contributed by atoms with Crippen molar-refractivity contribution in [1.29, 1.82) is 0 Å². The quantitative estimate of drug-likeness (QED) is 0.777. The summed E-state index contributed by atoms with van der Waals surface area (Å²) in [7, 11) is 1.58. The summed E-state index contributed by atoms with van der Waals surface area (Å²) in [6.07, 6.45) is 0.799. The maximum Gasteiger partial charge on any atom is 0.340 e. The van der Waals surface area contributed by atoms with Crippen molar-refractivity contribution in [3.05, 3.63) is 29.5 Å². The molecule has 0 aliphatic heterocycles. The van der Waals surface area contributed by atoms with E-state index in [9.17, 15) is 4.79 Å². The van der Waals surface area contributed by atoms with E-state index in [-0.39, 0.29) is 5.97 Å². The van der Waals surface area contributed by atoms with Crippen LogP contribution in [-0.2, 0) is 11.2 Å². The number of hydrogen-bond acceptors (Lipinski definition) is 4. The van der Waals surface area contributed by atoms with Gasteiger partial charge in [-0.2, -0.15) is 9.61 Å². The largest absolute Gasteiger partial charge is 0.481 e. The fourth-order valence-corrected chi connectivity index (χ4v) is 1.81. The molecule has 2 heterocycles. The van der Waals surface area contributed by atoms with E-state index in [1.807, 2.05) is 13.0 Å². The molecule has 0 fully saturated rings. The first kappa shape index (κ1) is 12.4. The van der Waals surface area contributed by atoms with Gasteiger partial charge in [0.05, 0.1) is 30.5 Å². The van der Waals surface area contributed by atoms with Crippen LogP contribution in [0, 0.1) is 0 Å². The highest BCUT2D eigenvalue weighted by Gasteiger charge is 2.16. The van der Waals surface area contributed by atoms with Gasteiger partial charge in [0, 0.05) is 6.07 Å². The van der Waals surface area contributed by atoms with Gasteiger partial charge in [-0.25, -0.2) is 4.79 Å². The molecule has 0 spiro atoms. The molecule has 0 bridgehead atoms. The van der Waals surface area contributed by atoms with Crippen molar-refractivity contribution >= 4 is 11.5 Å². The zero-order chi connectivity index (χ0) is 13.1. The molecule has 0 amide bonds. The Labute approximate surface area is 105 Å². The van der Waals surface area contributed by atoms with E-state index in [0.29, 0.717) is 23.6 Å². The number of rotatable bonds is 4. The van der Waals surface area contributed by atoms with Crippen LogP contribution >= 0.6 is 0 Å². The van der Waals surface area contributed by atoms with Gasteiger partial charge in [-0.15, -0.1) is 0 Å². The predicted octanol–water partition coefficient (Wildman–Crippen LogP) is 2.08. The van der Waals surface area contributed by atoms with E-state index < -0.39 is 0 Å². The summed E-state index contributed by atoms with van der Waals surface area (Å²) in [4.78, 5) is 11.9. The molecular formula is C13H16N2O3. The van der Waals surface area contributed by atoms with E-state index >= 15 is 0 Å². The lowest BCUT2D eigenvalue weighted by molar-refractivity contribution is 0.0528. The van der Waals surface area contributed by atoms with E-state index in [1.165, 1.54) is 0 Å². The first-order chi connectivity index (χ1) is 8.71. The molecule has 0 atom stereocenters. The van der Waals surface area contributed by atoms with Crippen molar-refractivity contribution in [1.82, 2.24) is 9.61 Å². The number of hydrogen-bond donors (Lipinski definition) is 0. The summed E-state index contributed by atoms with van der Waals surface area (Å²) in [5.41, 5.74) is 2.12. The standard InChI is InChI=1S/C13H16N2O3/c1-4-9-8-11-10(13(16)18-5-2)6-7-12(17-3)15(11)14-9/h6-8H,4-5H2,1-3H3. The summed E-state index contributed by atoms with van der Waals surface area (Å²) >= 11 is 0. The van der Waals surface area contributed by atoms with Gasteiger partial charge in [0.2, 0.25) is 5.88 Å². The molecule has 0 aromatic carbocycles. The Balaban J connectivity index is 2.61.